The molecule has 0 bridgehead atoms. The molecule has 1 atom stereocenters. The lowest BCUT2D eigenvalue weighted by atomic mass is 10.1. The Morgan fingerprint density at radius 2 is 2.35 bits per heavy atom. The van der Waals surface area contributed by atoms with Gasteiger partial charge in [-0.25, -0.2) is 9.78 Å². The quantitative estimate of drug-likeness (QED) is 0.874. The molecule has 2 rings (SSSR count). The van der Waals surface area contributed by atoms with Gasteiger partial charge >= 0.3 is 5.97 Å². The van der Waals surface area contributed by atoms with Crippen molar-refractivity contribution in [3.05, 3.63) is 22.8 Å². The predicted molar refractivity (Wildman–Crippen MR) is 79.5 cm³/mol. The van der Waals surface area contributed by atoms with Crippen molar-refractivity contribution >= 4 is 23.4 Å². The number of carbonyl (C=O) groups is 1. The van der Waals surface area contributed by atoms with Gasteiger partial charge in [-0.15, -0.1) is 0 Å². The SMILES string of the molecule is CC(C)N1CCC(CNc2ccc(Cl)c(C(=O)O)n2)C1. The van der Waals surface area contributed by atoms with E-state index in [0.717, 1.165) is 26.1 Å². The number of hydrogen-bond acceptors (Lipinski definition) is 4. The Labute approximate surface area is 123 Å². The second kappa shape index (κ2) is 6.41. The minimum absolute atomic E-state index is 0.105. The van der Waals surface area contributed by atoms with E-state index in [9.17, 15) is 4.79 Å². The second-order valence-electron chi connectivity index (χ2n) is 5.46. The molecule has 1 saturated heterocycles. The first-order valence-electron chi connectivity index (χ1n) is 6.85. The molecule has 2 N–H and O–H groups in total. The van der Waals surface area contributed by atoms with E-state index in [-0.39, 0.29) is 10.7 Å². The van der Waals surface area contributed by atoms with Gasteiger partial charge in [0.25, 0.3) is 0 Å². The van der Waals surface area contributed by atoms with Crippen LogP contribution >= 0.6 is 11.6 Å². The lowest BCUT2D eigenvalue weighted by Gasteiger charge is -2.20. The van der Waals surface area contributed by atoms with Crippen LogP contribution in [0.1, 0.15) is 30.8 Å². The molecule has 0 spiro atoms. The number of anilines is 1. The van der Waals surface area contributed by atoms with Crippen molar-refractivity contribution in [2.75, 3.05) is 25.0 Å². The van der Waals surface area contributed by atoms with Crippen molar-refractivity contribution in [2.45, 2.75) is 26.3 Å². The van der Waals surface area contributed by atoms with Gasteiger partial charge in [0.05, 0.1) is 5.02 Å². The molecule has 1 fully saturated rings. The maximum absolute atomic E-state index is 11.0. The van der Waals surface area contributed by atoms with Crippen LogP contribution in [0.15, 0.2) is 12.1 Å². The van der Waals surface area contributed by atoms with Crippen LogP contribution in [0.25, 0.3) is 0 Å². The largest absolute Gasteiger partial charge is 0.476 e. The van der Waals surface area contributed by atoms with Crippen LogP contribution in [0.4, 0.5) is 5.82 Å². The Morgan fingerprint density at radius 3 is 2.95 bits per heavy atom. The molecule has 6 heteroatoms. The highest BCUT2D eigenvalue weighted by Gasteiger charge is 2.24. The highest BCUT2D eigenvalue weighted by atomic mass is 35.5. The van der Waals surface area contributed by atoms with Crippen LogP contribution in [-0.4, -0.2) is 46.6 Å². The van der Waals surface area contributed by atoms with Gasteiger partial charge in [0.15, 0.2) is 5.69 Å². The number of nitrogens with zero attached hydrogens (tertiary/aromatic N) is 2. The van der Waals surface area contributed by atoms with Crippen LogP contribution in [0.2, 0.25) is 5.02 Å². The summed E-state index contributed by atoms with van der Waals surface area (Å²) in [6, 6.07) is 3.85. The molecule has 1 aliphatic heterocycles. The fourth-order valence-corrected chi connectivity index (χ4v) is 2.62. The van der Waals surface area contributed by atoms with Gasteiger partial charge in [0.1, 0.15) is 5.82 Å². The average Bonchev–Trinajstić information content (AvgIpc) is 2.86. The highest BCUT2D eigenvalue weighted by molar-refractivity contribution is 6.33. The third-order valence-electron chi connectivity index (χ3n) is 3.67. The smallest absolute Gasteiger partial charge is 0.356 e. The van der Waals surface area contributed by atoms with Crippen molar-refractivity contribution in [3.8, 4) is 0 Å². The summed E-state index contributed by atoms with van der Waals surface area (Å²) < 4.78 is 0. The van der Waals surface area contributed by atoms with E-state index >= 15 is 0 Å². The molecule has 0 aromatic carbocycles. The highest BCUT2D eigenvalue weighted by Crippen LogP contribution is 2.20. The molecule has 0 saturated carbocycles. The molecule has 0 aliphatic carbocycles. The summed E-state index contributed by atoms with van der Waals surface area (Å²) >= 11 is 5.79. The predicted octanol–water partition coefficient (Wildman–Crippen LogP) is 2.58. The van der Waals surface area contributed by atoms with Crippen molar-refractivity contribution < 1.29 is 9.90 Å². The van der Waals surface area contributed by atoms with Gasteiger partial charge in [-0.2, -0.15) is 0 Å². The van der Waals surface area contributed by atoms with Gasteiger partial charge in [-0.3, -0.25) is 0 Å². The summed E-state index contributed by atoms with van der Waals surface area (Å²) in [5, 5.41) is 12.4. The summed E-state index contributed by atoms with van der Waals surface area (Å²) in [4.78, 5) is 17.5. The van der Waals surface area contributed by atoms with Gasteiger partial charge in [0.2, 0.25) is 0 Å². The van der Waals surface area contributed by atoms with Crippen LogP contribution in [-0.2, 0) is 0 Å². The van der Waals surface area contributed by atoms with Crippen LogP contribution in [0.3, 0.4) is 0 Å². The van der Waals surface area contributed by atoms with Gasteiger partial charge in [-0.1, -0.05) is 11.6 Å². The van der Waals surface area contributed by atoms with E-state index in [1.54, 1.807) is 12.1 Å². The first-order chi connectivity index (χ1) is 9.47. The number of carboxylic acid groups (broad SMARTS) is 1. The van der Waals surface area contributed by atoms with Crippen LogP contribution in [0.5, 0.6) is 0 Å². The number of rotatable bonds is 5. The Kier molecular flexibility index (Phi) is 4.83. The number of aromatic carboxylic acids is 1. The van der Waals surface area contributed by atoms with E-state index in [4.69, 9.17) is 16.7 Å². The number of hydrogen-bond donors (Lipinski definition) is 2. The molecule has 5 nitrogen and oxygen atoms in total. The lowest BCUT2D eigenvalue weighted by molar-refractivity contribution is 0.0691. The summed E-state index contributed by atoms with van der Waals surface area (Å²) in [7, 11) is 0. The topological polar surface area (TPSA) is 65.5 Å². The zero-order chi connectivity index (χ0) is 14.7. The van der Waals surface area contributed by atoms with Crippen molar-refractivity contribution in [1.82, 2.24) is 9.88 Å². The van der Waals surface area contributed by atoms with E-state index in [0.29, 0.717) is 17.8 Å². The molecule has 0 amide bonds. The molecule has 1 aromatic rings. The normalized spacial score (nSPS) is 19.5. The third kappa shape index (κ3) is 3.61. The summed E-state index contributed by atoms with van der Waals surface area (Å²) in [5.41, 5.74) is -0.105. The Hall–Kier alpha value is -1.33. The van der Waals surface area contributed by atoms with E-state index in [1.165, 1.54) is 0 Å². The van der Waals surface area contributed by atoms with Gasteiger partial charge in [-0.05, 0) is 44.9 Å². The lowest BCUT2D eigenvalue weighted by Crippen LogP contribution is -2.29. The summed E-state index contributed by atoms with van der Waals surface area (Å²) in [5.74, 6) is 0.0310. The molecule has 110 valence electrons. The Balaban J connectivity index is 1.92. The van der Waals surface area contributed by atoms with Crippen LogP contribution in [0, 0.1) is 5.92 Å². The molecular formula is C14H20ClN3O2. The monoisotopic (exact) mass is 297 g/mol. The molecule has 2 heterocycles. The Morgan fingerprint density at radius 1 is 1.60 bits per heavy atom. The molecule has 20 heavy (non-hydrogen) atoms. The van der Waals surface area contributed by atoms with Gasteiger partial charge in [0, 0.05) is 19.1 Å². The number of nitrogens with one attached hydrogen (secondary N) is 1. The van der Waals surface area contributed by atoms with Crippen molar-refractivity contribution in [1.29, 1.82) is 0 Å². The third-order valence-corrected chi connectivity index (χ3v) is 3.97. The van der Waals surface area contributed by atoms with Crippen molar-refractivity contribution in [2.24, 2.45) is 5.92 Å². The summed E-state index contributed by atoms with van der Waals surface area (Å²) in [6.45, 7) is 7.41. The maximum Gasteiger partial charge on any atom is 0.356 e. The zero-order valence-electron chi connectivity index (χ0n) is 11.8. The zero-order valence-corrected chi connectivity index (χ0v) is 12.5. The molecule has 0 radical (unpaired) electrons. The van der Waals surface area contributed by atoms with Crippen LogP contribution < -0.4 is 5.32 Å². The maximum atomic E-state index is 11.0. The fraction of sp³-hybridized carbons (Fsp3) is 0.571. The molecule has 1 aliphatic rings. The number of likely N-dealkylation sites (tertiary alicyclic amines) is 1. The fourth-order valence-electron chi connectivity index (χ4n) is 2.44. The first kappa shape index (κ1) is 15.1. The van der Waals surface area contributed by atoms with Gasteiger partial charge < -0.3 is 15.3 Å². The first-order valence-corrected chi connectivity index (χ1v) is 7.23. The minimum Gasteiger partial charge on any atom is -0.476 e. The summed E-state index contributed by atoms with van der Waals surface area (Å²) in [6.07, 6.45) is 1.16. The number of aromatic nitrogens is 1. The number of halogens is 1. The minimum atomic E-state index is -1.11. The van der Waals surface area contributed by atoms with E-state index < -0.39 is 5.97 Å². The molecule has 1 aromatic heterocycles. The average molecular weight is 298 g/mol. The number of pyridine rings is 1. The number of carboxylic acids is 1. The van der Waals surface area contributed by atoms with E-state index in [2.05, 4.69) is 29.0 Å². The standard InChI is InChI=1S/C14H20ClN3O2/c1-9(2)18-6-5-10(8-18)7-16-12-4-3-11(15)13(17-12)14(19)20/h3-4,9-10H,5-8H2,1-2H3,(H,16,17)(H,19,20). The van der Waals surface area contributed by atoms with E-state index in [1.807, 2.05) is 0 Å². The molecule has 1 unspecified atom stereocenters. The van der Waals surface area contributed by atoms with Crippen molar-refractivity contribution in [3.63, 3.8) is 0 Å². The Bertz CT molecular complexity index is 493. The second-order valence-corrected chi connectivity index (χ2v) is 5.86. The molecular weight excluding hydrogens is 278 g/mol.